The summed E-state index contributed by atoms with van der Waals surface area (Å²) >= 11 is 0. The molecule has 2 atom stereocenters. The fourth-order valence-electron chi connectivity index (χ4n) is 2.94. The molecule has 1 N–H and O–H groups in total. The molecule has 0 radical (unpaired) electrons. The molecule has 2 aromatic carbocycles. The van der Waals surface area contributed by atoms with Gasteiger partial charge in [0.15, 0.2) is 0 Å². The average Bonchev–Trinajstić information content (AvgIpc) is 2.42. The Labute approximate surface area is 124 Å². The van der Waals surface area contributed by atoms with E-state index < -0.39 is 6.10 Å². The van der Waals surface area contributed by atoms with Gasteiger partial charge in [0.1, 0.15) is 17.7 Å². The van der Waals surface area contributed by atoms with E-state index in [-0.39, 0.29) is 11.9 Å². The van der Waals surface area contributed by atoms with Crippen LogP contribution in [-0.4, -0.2) is 5.11 Å². The first-order chi connectivity index (χ1) is 9.95. The second kappa shape index (κ2) is 5.15. The van der Waals surface area contributed by atoms with Gasteiger partial charge in [0, 0.05) is 18.1 Å². The van der Waals surface area contributed by atoms with E-state index in [4.69, 9.17) is 4.74 Å². The number of rotatable bonds is 1. The first kappa shape index (κ1) is 14.1. The number of benzene rings is 2. The van der Waals surface area contributed by atoms with Gasteiger partial charge in [0.2, 0.25) is 0 Å². The van der Waals surface area contributed by atoms with Crippen molar-refractivity contribution < 1.29 is 14.2 Å². The molecule has 1 heterocycles. The summed E-state index contributed by atoms with van der Waals surface area (Å²) in [5.74, 6) is 0.0924. The molecule has 1 aliphatic rings. The highest BCUT2D eigenvalue weighted by molar-refractivity contribution is 5.42. The summed E-state index contributed by atoms with van der Waals surface area (Å²) in [7, 11) is 0. The molecule has 0 saturated carbocycles. The second-order valence-electron chi connectivity index (χ2n) is 5.83. The van der Waals surface area contributed by atoms with E-state index in [1.165, 1.54) is 23.3 Å². The number of aliphatic hydroxyl groups excluding tert-OH is 1. The number of aryl methyl sites for hydroxylation is 3. The fourth-order valence-corrected chi connectivity index (χ4v) is 2.94. The van der Waals surface area contributed by atoms with E-state index in [1.54, 1.807) is 6.07 Å². The van der Waals surface area contributed by atoms with Crippen molar-refractivity contribution in [3.63, 3.8) is 0 Å². The monoisotopic (exact) mass is 286 g/mol. The molecule has 2 aromatic rings. The van der Waals surface area contributed by atoms with E-state index in [1.807, 2.05) is 6.92 Å². The van der Waals surface area contributed by atoms with Gasteiger partial charge in [-0.1, -0.05) is 12.1 Å². The summed E-state index contributed by atoms with van der Waals surface area (Å²) in [4.78, 5) is 0. The van der Waals surface area contributed by atoms with Crippen molar-refractivity contribution in [1.29, 1.82) is 0 Å². The first-order valence-corrected chi connectivity index (χ1v) is 7.17. The molecular formula is C18H19FO2. The average molecular weight is 286 g/mol. The van der Waals surface area contributed by atoms with Crippen LogP contribution in [0.2, 0.25) is 0 Å². The van der Waals surface area contributed by atoms with Gasteiger partial charge in [-0.25, -0.2) is 4.39 Å². The topological polar surface area (TPSA) is 29.5 Å². The third kappa shape index (κ3) is 2.54. The molecule has 0 amide bonds. The lowest BCUT2D eigenvalue weighted by atomic mass is 9.90. The Morgan fingerprint density at radius 2 is 1.71 bits per heavy atom. The van der Waals surface area contributed by atoms with Gasteiger partial charge < -0.3 is 9.84 Å². The fraction of sp³-hybridized carbons (Fsp3) is 0.333. The predicted octanol–water partition coefficient (Wildman–Crippen LogP) is 4.31. The standard InChI is InChI=1S/C18H19FO2/c1-10-6-12(3)15(7-11(10)2)18-9-16(20)14-5-4-13(19)8-17(14)21-18/h4-8,16,18,20H,9H2,1-3H3/t16-,18?/m1/s1. The lowest BCUT2D eigenvalue weighted by molar-refractivity contribution is 0.0650. The van der Waals surface area contributed by atoms with E-state index in [0.717, 1.165) is 11.1 Å². The van der Waals surface area contributed by atoms with Crippen LogP contribution < -0.4 is 4.74 Å². The minimum absolute atomic E-state index is 0.242. The molecule has 0 aromatic heterocycles. The first-order valence-electron chi connectivity index (χ1n) is 7.17. The molecular weight excluding hydrogens is 267 g/mol. The number of halogens is 1. The van der Waals surface area contributed by atoms with Crippen LogP contribution in [0.1, 0.15) is 46.4 Å². The molecule has 0 aliphatic carbocycles. The van der Waals surface area contributed by atoms with Crippen molar-refractivity contribution in [1.82, 2.24) is 0 Å². The van der Waals surface area contributed by atoms with Gasteiger partial charge in [-0.05, 0) is 55.2 Å². The van der Waals surface area contributed by atoms with Crippen LogP contribution in [0, 0.1) is 26.6 Å². The molecule has 0 saturated heterocycles. The molecule has 110 valence electrons. The van der Waals surface area contributed by atoms with Crippen molar-refractivity contribution >= 4 is 0 Å². The minimum Gasteiger partial charge on any atom is -0.485 e. The molecule has 3 rings (SSSR count). The lowest BCUT2D eigenvalue weighted by Gasteiger charge is -2.31. The van der Waals surface area contributed by atoms with Crippen molar-refractivity contribution in [3.05, 3.63) is 64.0 Å². The van der Waals surface area contributed by atoms with Gasteiger partial charge in [-0.3, -0.25) is 0 Å². The van der Waals surface area contributed by atoms with Crippen molar-refractivity contribution in [2.45, 2.75) is 39.4 Å². The van der Waals surface area contributed by atoms with Crippen LogP contribution >= 0.6 is 0 Å². The lowest BCUT2D eigenvalue weighted by Crippen LogP contribution is -2.20. The van der Waals surface area contributed by atoms with E-state index in [2.05, 4.69) is 26.0 Å². The summed E-state index contributed by atoms with van der Waals surface area (Å²) in [6, 6.07) is 8.53. The molecule has 0 bridgehead atoms. The highest BCUT2D eigenvalue weighted by atomic mass is 19.1. The molecule has 0 fully saturated rings. The maximum Gasteiger partial charge on any atom is 0.128 e. The molecule has 0 spiro atoms. The number of hydrogen-bond donors (Lipinski definition) is 1. The van der Waals surface area contributed by atoms with Crippen LogP contribution in [0.3, 0.4) is 0 Å². The highest BCUT2D eigenvalue weighted by Gasteiger charge is 2.29. The number of aliphatic hydroxyl groups is 1. The maximum absolute atomic E-state index is 13.4. The normalized spacial score (nSPS) is 20.8. The van der Waals surface area contributed by atoms with Gasteiger partial charge in [0.05, 0.1) is 6.10 Å². The van der Waals surface area contributed by atoms with Gasteiger partial charge in [-0.15, -0.1) is 0 Å². The van der Waals surface area contributed by atoms with Crippen LogP contribution in [0.25, 0.3) is 0 Å². The quantitative estimate of drug-likeness (QED) is 0.846. The zero-order valence-electron chi connectivity index (χ0n) is 12.5. The van der Waals surface area contributed by atoms with Gasteiger partial charge >= 0.3 is 0 Å². The second-order valence-corrected chi connectivity index (χ2v) is 5.83. The summed E-state index contributed by atoms with van der Waals surface area (Å²) in [5, 5.41) is 10.3. The van der Waals surface area contributed by atoms with Gasteiger partial charge in [0.25, 0.3) is 0 Å². The molecule has 21 heavy (non-hydrogen) atoms. The molecule has 1 unspecified atom stereocenters. The Kier molecular flexibility index (Phi) is 3.46. The molecule has 1 aliphatic heterocycles. The molecule has 2 nitrogen and oxygen atoms in total. The predicted molar refractivity (Wildman–Crippen MR) is 80.0 cm³/mol. The van der Waals surface area contributed by atoms with E-state index in [0.29, 0.717) is 17.7 Å². The SMILES string of the molecule is Cc1cc(C)c(C2C[C@@H](O)c3ccc(F)cc3O2)cc1C. The van der Waals surface area contributed by atoms with Crippen LogP contribution in [-0.2, 0) is 0 Å². The van der Waals surface area contributed by atoms with Crippen LogP contribution in [0.4, 0.5) is 4.39 Å². The van der Waals surface area contributed by atoms with Gasteiger partial charge in [-0.2, -0.15) is 0 Å². The van der Waals surface area contributed by atoms with Crippen molar-refractivity contribution in [2.24, 2.45) is 0 Å². The van der Waals surface area contributed by atoms with Crippen LogP contribution in [0.15, 0.2) is 30.3 Å². The zero-order chi connectivity index (χ0) is 15.1. The third-order valence-electron chi connectivity index (χ3n) is 4.27. The largest absolute Gasteiger partial charge is 0.485 e. The zero-order valence-corrected chi connectivity index (χ0v) is 12.5. The number of hydrogen-bond acceptors (Lipinski definition) is 2. The Morgan fingerprint density at radius 3 is 2.48 bits per heavy atom. The highest BCUT2D eigenvalue weighted by Crippen LogP contribution is 2.42. The Morgan fingerprint density at radius 1 is 1.00 bits per heavy atom. The minimum atomic E-state index is -0.625. The molecule has 3 heteroatoms. The summed E-state index contributed by atoms with van der Waals surface area (Å²) in [6.07, 6.45) is -0.379. The summed E-state index contributed by atoms with van der Waals surface area (Å²) in [5.41, 5.74) is 5.29. The summed E-state index contributed by atoms with van der Waals surface area (Å²) in [6.45, 7) is 6.18. The third-order valence-corrected chi connectivity index (χ3v) is 4.27. The van der Waals surface area contributed by atoms with E-state index in [9.17, 15) is 9.50 Å². The maximum atomic E-state index is 13.4. The smallest absolute Gasteiger partial charge is 0.128 e. The Bertz CT molecular complexity index is 694. The Hall–Kier alpha value is -1.87. The van der Waals surface area contributed by atoms with Crippen molar-refractivity contribution in [3.8, 4) is 5.75 Å². The van der Waals surface area contributed by atoms with E-state index >= 15 is 0 Å². The van der Waals surface area contributed by atoms with Crippen molar-refractivity contribution in [2.75, 3.05) is 0 Å². The number of fused-ring (bicyclic) bond motifs is 1. The number of ether oxygens (including phenoxy) is 1. The summed E-state index contributed by atoms with van der Waals surface area (Å²) < 4.78 is 19.3. The Balaban J connectivity index is 2.01. The van der Waals surface area contributed by atoms with Crippen LogP contribution in [0.5, 0.6) is 5.75 Å².